The van der Waals surface area contributed by atoms with Crippen LogP contribution in [0, 0.1) is 18.6 Å². The van der Waals surface area contributed by atoms with Crippen molar-refractivity contribution in [2.24, 2.45) is 0 Å². The number of furan rings is 1. The minimum absolute atomic E-state index is 0.00477. The van der Waals surface area contributed by atoms with Crippen LogP contribution in [-0.4, -0.2) is 6.10 Å². The molecule has 224 valence electrons. The first-order chi connectivity index (χ1) is 22.5. The van der Waals surface area contributed by atoms with Crippen LogP contribution in [0.25, 0.3) is 44.1 Å². The van der Waals surface area contributed by atoms with Crippen molar-refractivity contribution < 1.29 is 22.7 Å². The van der Waals surface area contributed by atoms with E-state index in [9.17, 15) is 4.39 Å². The fourth-order valence-corrected chi connectivity index (χ4v) is 7.14. The molecule has 3 heterocycles. The van der Waals surface area contributed by atoms with Crippen LogP contribution in [0.1, 0.15) is 30.2 Å². The Bertz CT molecular complexity index is 2360. The molecule has 1 atom stereocenters. The van der Waals surface area contributed by atoms with Crippen LogP contribution in [0.4, 0.5) is 20.2 Å². The van der Waals surface area contributed by atoms with Crippen LogP contribution in [0.2, 0.25) is 0 Å². The van der Waals surface area contributed by atoms with Crippen molar-refractivity contribution in [2.75, 3.05) is 4.90 Å². The van der Waals surface area contributed by atoms with E-state index in [1.807, 2.05) is 74.5 Å². The Morgan fingerprint density at radius 3 is 2.50 bits per heavy atom. The van der Waals surface area contributed by atoms with Gasteiger partial charge in [-0.15, -0.1) is 0 Å². The highest BCUT2D eigenvalue weighted by molar-refractivity contribution is 6.12. The highest BCUT2D eigenvalue weighted by Gasteiger charge is 2.32. The van der Waals surface area contributed by atoms with Crippen LogP contribution < -0.4 is 14.4 Å². The summed E-state index contributed by atoms with van der Waals surface area (Å²) in [6, 6.07) is 25.5. The lowest BCUT2D eigenvalue weighted by molar-refractivity contribution is 0.260. The molecule has 1 aromatic heterocycles. The molecule has 0 saturated heterocycles. The third-order valence-corrected chi connectivity index (χ3v) is 9.25. The summed E-state index contributed by atoms with van der Waals surface area (Å²) in [5.74, 6) is 1.47. The predicted octanol–water partition coefficient (Wildman–Crippen LogP) is 11.2. The number of hydrogen-bond acceptors (Lipinski definition) is 4. The number of hydrogen-bond donors (Lipinski definition) is 0. The fourth-order valence-electron chi connectivity index (χ4n) is 7.14. The number of aryl methyl sites for hydroxylation is 1. The largest absolute Gasteiger partial charge is 0.485 e. The second-order valence-electron chi connectivity index (χ2n) is 11.8. The molecule has 0 fully saturated rings. The Kier molecular flexibility index (Phi) is 5.78. The summed E-state index contributed by atoms with van der Waals surface area (Å²) in [5, 5.41) is 3.03. The van der Waals surface area contributed by atoms with Crippen molar-refractivity contribution in [1.29, 1.82) is 0 Å². The van der Waals surface area contributed by atoms with Gasteiger partial charge in [0.05, 0.1) is 17.1 Å². The molecule has 9 rings (SSSR count). The fraction of sp³-hybridized carbons (Fsp3) is 0.100. The normalized spacial score (nSPS) is 16.0. The molecule has 0 saturated carbocycles. The van der Waals surface area contributed by atoms with E-state index in [2.05, 4.69) is 30.4 Å². The number of nitrogens with zero attached hydrogens (tertiary/aromatic N) is 1. The van der Waals surface area contributed by atoms with Gasteiger partial charge in [0.15, 0.2) is 5.76 Å². The molecule has 1 unspecified atom stereocenters. The average Bonchev–Trinajstić information content (AvgIpc) is 3.41. The van der Waals surface area contributed by atoms with E-state index in [4.69, 9.17) is 13.9 Å². The van der Waals surface area contributed by atoms with Gasteiger partial charge in [-0.2, -0.15) is 0 Å². The maximum absolute atomic E-state index is 15.6. The zero-order valence-electron chi connectivity index (χ0n) is 25.1. The SMILES string of the molecule is C/C=C(\c1oc2ccccc2c1C)N(c1ccc2c(c1)Oc1ccc3c4c(ccc-2c14)OC1CC=CC=C31)c1ccc(F)cc1F. The maximum atomic E-state index is 15.6. The molecule has 4 nitrogen and oxygen atoms in total. The van der Waals surface area contributed by atoms with Gasteiger partial charge in [0, 0.05) is 51.4 Å². The van der Waals surface area contributed by atoms with Crippen LogP contribution in [0.3, 0.4) is 0 Å². The van der Waals surface area contributed by atoms with Crippen molar-refractivity contribution in [2.45, 2.75) is 26.4 Å². The van der Waals surface area contributed by atoms with E-state index >= 15 is 4.39 Å². The number of allylic oxidation sites excluding steroid dienone is 3. The highest BCUT2D eigenvalue weighted by Crippen LogP contribution is 2.54. The number of anilines is 2. The lowest BCUT2D eigenvalue weighted by Gasteiger charge is -2.33. The summed E-state index contributed by atoms with van der Waals surface area (Å²) in [7, 11) is 0. The first-order valence-corrected chi connectivity index (χ1v) is 15.4. The molecule has 46 heavy (non-hydrogen) atoms. The topological polar surface area (TPSA) is 34.8 Å². The second kappa shape index (κ2) is 9.94. The van der Waals surface area contributed by atoms with Gasteiger partial charge in [0.1, 0.15) is 40.6 Å². The molecule has 5 aromatic carbocycles. The zero-order chi connectivity index (χ0) is 31.1. The standard InChI is InChI=1S/C40H27F2NO3/c1-3-31(40-22(2)25-8-4-6-10-33(25)46-40)43(32-17-12-23(41)20-30(32)42)24-13-14-27-29-16-18-35-38-28(26-9-5-7-11-34(26)44-35)15-19-36(39(29)38)45-37(27)21-24/h3-10,12-21,34H,11H2,1-2H3/b31-3+. The van der Waals surface area contributed by atoms with E-state index in [-0.39, 0.29) is 11.8 Å². The average molecular weight is 608 g/mol. The molecule has 0 bridgehead atoms. The molecule has 1 aliphatic carbocycles. The number of benzene rings is 5. The van der Waals surface area contributed by atoms with Crippen molar-refractivity contribution in [3.8, 4) is 28.4 Å². The van der Waals surface area contributed by atoms with Crippen LogP contribution >= 0.6 is 0 Å². The Morgan fingerprint density at radius 2 is 1.65 bits per heavy atom. The van der Waals surface area contributed by atoms with E-state index in [1.54, 1.807) is 4.90 Å². The Hall–Kier alpha value is -5.62. The Morgan fingerprint density at radius 1 is 0.848 bits per heavy atom. The number of halogens is 2. The van der Waals surface area contributed by atoms with E-state index in [0.717, 1.165) is 68.0 Å². The Balaban J connectivity index is 1.22. The van der Waals surface area contributed by atoms with Crippen molar-refractivity contribution in [1.82, 2.24) is 0 Å². The maximum Gasteiger partial charge on any atom is 0.154 e. The van der Waals surface area contributed by atoms with Gasteiger partial charge in [-0.1, -0.05) is 48.6 Å². The lowest BCUT2D eigenvalue weighted by Crippen LogP contribution is -2.23. The summed E-state index contributed by atoms with van der Waals surface area (Å²) >= 11 is 0. The molecule has 0 radical (unpaired) electrons. The van der Waals surface area contributed by atoms with E-state index in [1.165, 1.54) is 17.7 Å². The molecule has 6 heteroatoms. The molecule has 0 spiro atoms. The molecule has 3 aliphatic rings. The van der Waals surface area contributed by atoms with Crippen LogP contribution in [-0.2, 0) is 0 Å². The molecule has 0 N–H and O–H groups in total. The van der Waals surface area contributed by atoms with Gasteiger partial charge in [-0.25, -0.2) is 8.78 Å². The second-order valence-corrected chi connectivity index (χ2v) is 11.8. The Labute approximate surface area is 264 Å². The van der Waals surface area contributed by atoms with Crippen molar-refractivity contribution in [3.63, 3.8) is 0 Å². The van der Waals surface area contributed by atoms with Crippen LogP contribution in [0.5, 0.6) is 17.2 Å². The van der Waals surface area contributed by atoms with Gasteiger partial charge in [-0.05, 0) is 73.5 Å². The van der Waals surface area contributed by atoms with Crippen molar-refractivity contribution >= 4 is 44.4 Å². The molecule has 6 aromatic rings. The minimum Gasteiger partial charge on any atom is -0.485 e. The van der Waals surface area contributed by atoms with E-state index < -0.39 is 11.6 Å². The predicted molar refractivity (Wildman–Crippen MR) is 179 cm³/mol. The minimum atomic E-state index is -0.693. The summed E-state index contributed by atoms with van der Waals surface area (Å²) in [5.41, 5.74) is 7.39. The number of para-hydroxylation sites is 1. The van der Waals surface area contributed by atoms with Crippen molar-refractivity contribution in [3.05, 3.63) is 138 Å². The molecule has 2 aliphatic heterocycles. The monoisotopic (exact) mass is 607 g/mol. The third kappa shape index (κ3) is 3.83. The smallest absolute Gasteiger partial charge is 0.154 e. The first-order valence-electron chi connectivity index (χ1n) is 15.4. The van der Waals surface area contributed by atoms with Gasteiger partial charge < -0.3 is 18.8 Å². The number of rotatable bonds is 4. The third-order valence-electron chi connectivity index (χ3n) is 9.25. The summed E-state index contributed by atoms with van der Waals surface area (Å²) in [4.78, 5) is 1.76. The van der Waals surface area contributed by atoms with Gasteiger partial charge in [0.25, 0.3) is 0 Å². The first kappa shape index (κ1) is 26.8. The van der Waals surface area contributed by atoms with E-state index in [0.29, 0.717) is 22.9 Å². The van der Waals surface area contributed by atoms with Gasteiger partial charge in [0.2, 0.25) is 0 Å². The summed E-state index contributed by atoms with van der Waals surface area (Å²) in [6.07, 6.45) is 9.08. The van der Waals surface area contributed by atoms with Crippen LogP contribution in [0.15, 0.2) is 114 Å². The molecule has 0 amide bonds. The quantitative estimate of drug-likeness (QED) is 0.199. The van der Waals surface area contributed by atoms with Gasteiger partial charge in [-0.3, -0.25) is 0 Å². The zero-order valence-corrected chi connectivity index (χ0v) is 25.1. The molecular weight excluding hydrogens is 580 g/mol. The lowest BCUT2D eigenvalue weighted by atomic mass is 9.85. The number of fused-ring (bicyclic) bond motifs is 5. The summed E-state index contributed by atoms with van der Waals surface area (Å²) in [6.45, 7) is 3.87. The van der Waals surface area contributed by atoms with Gasteiger partial charge >= 0.3 is 0 Å². The molecular formula is C40H27F2NO3. The summed E-state index contributed by atoms with van der Waals surface area (Å²) < 4.78 is 49.2. The number of ether oxygens (including phenoxy) is 2. The highest BCUT2D eigenvalue weighted by atomic mass is 19.1.